The van der Waals surface area contributed by atoms with Gasteiger partial charge in [0, 0.05) is 24.6 Å². The molecule has 2 rings (SSSR count). The lowest BCUT2D eigenvalue weighted by Gasteiger charge is -2.05. The van der Waals surface area contributed by atoms with Crippen LogP contribution in [0.2, 0.25) is 0 Å². The Hall–Kier alpha value is -1.90. The van der Waals surface area contributed by atoms with Crippen molar-refractivity contribution in [2.75, 3.05) is 11.9 Å². The van der Waals surface area contributed by atoms with E-state index >= 15 is 0 Å². The first-order valence-corrected chi connectivity index (χ1v) is 5.98. The topological polar surface area (TPSA) is 37.8 Å². The fourth-order valence-corrected chi connectivity index (χ4v) is 1.70. The van der Waals surface area contributed by atoms with Crippen LogP contribution in [0, 0.1) is 0 Å². The van der Waals surface area contributed by atoms with Gasteiger partial charge in [0.05, 0.1) is 0 Å². The van der Waals surface area contributed by atoms with Crippen molar-refractivity contribution in [3.8, 4) is 0 Å². The fraction of sp³-hybridized carbons (Fsp3) is 0.286. The molecule has 0 amide bonds. The van der Waals surface area contributed by atoms with Gasteiger partial charge in [0.2, 0.25) is 0 Å². The largest absolute Gasteiger partial charge is 0.385 e. The molecule has 17 heavy (non-hydrogen) atoms. The van der Waals surface area contributed by atoms with Crippen molar-refractivity contribution in [1.29, 1.82) is 0 Å². The summed E-state index contributed by atoms with van der Waals surface area (Å²) in [6.07, 6.45) is 8.71. The lowest BCUT2D eigenvalue weighted by Crippen LogP contribution is -2.01. The normalized spacial score (nSPS) is 10.1. The highest BCUT2D eigenvalue weighted by Crippen LogP contribution is 2.06. The van der Waals surface area contributed by atoms with Gasteiger partial charge < -0.3 is 5.32 Å². The van der Waals surface area contributed by atoms with E-state index in [-0.39, 0.29) is 0 Å². The average molecular weight is 227 g/mol. The first-order chi connectivity index (χ1) is 8.45. The molecule has 0 saturated carbocycles. The Morgan fingerprint density at radius 1 is 0.941 bits per heavy atom. The van der Waals surface area contributed by atoms with Crippen molar-refractivity contribution in [1.82, 2.24) is 9.97 Å². The number of nitrogens with zero attached hydrogens (tertiary/aromatic N) is 2. The Kier molecular flexibility index (Phi) is 4.52. The molecule has 88 valence electrons. The van der Waals surface area contributed by atoms with Crippen molar-refractivity contribution < 1.29 is 0 Å². The van der Waals surface area contributed by atoms with Gasteiger partial charge in [-0.05, 0) is 37.0 Å². The predicted molar refractivity (Wildman–Crippen MR) is 69.9 cm³/mol. The van der Waals surface area contributed by atoms with Crippen LogP contribution < -0.4 is 5.32 Å². The number of hydrogen-bond acceptors (Lipinski definition) is 3. The minimum atomic E-state index is 1.01. The number of nitrogens with one attached hydrogen (secondary N) is 1. The van der Waals surface area contributed by atoms with Gasteiger partial charge in [-0.1, -0.05) is 18.2 Å². The molecule has 0 radical (unpaired) electrons. The SMILES string of the molecule is c1ccc(NCCCCc2cncnc2)cc1. The monoisotopic (exact) mass is 227 g/mol. The number of para-hydroxylation sites is 1. The quantitative estimate of drug-likeness (QED) is 0.771. The van der Waals surface area contributed by atoms with Gasteiger partial charge in [0.1, 0.15) is 6.33 Å². The second-order valence-electron chi connectivity index (χ2n) is 4.00. The summed E-state index contributed by atoms with van der Waals surface area (Å²) < 4.78 is 0. The zero-order valence-electron chi connectivity index (χ0n) is 9.84. The number of aromatic nitrogens is 2. The summed E-state index contributed by atoms with van der Waals surface area (Å²) in [7, 11) is 0. The predicted octanol–water partition coefficient (Wildman–Crippen LogP) is 2.91. The van der Waals surface area contributed by atoms with E-state index in [1.54, 1.807) is 6.33 Å². The molecule has 0 saturated heterocycles. The molecule has 0 aliphatic carbocycles. The zero-order chi connectivity index (χ0) is 11.8. The van der Waals surface area contributed by atoms with Crippen molar-refractivity contribution in [2.45, 2.75) is 19.3 Å². The van der Waals surface area contributed by atoms with E-state index in [0.29, 0.717) is 0 Å². The Morgan fingerprint density at radius 2 is 1.71 bits per heavy atom. The Morgan fingerprint density at radius 3 is 2.47 bits per heavy atom. The van der Waals surface area contributed by atoms with E-state index in [0.717, 1.165) is 25.8 Å². The summed E-state index contributed by atoms with van der Waals surface area (Å²) in [5.74, 6) is 0. The maximum atomic E-state index is 4.00. The van der Waals surface area contributed by atoms with Crippen molar-refractivity contribution >= 4 is 5.69 Å². The number of hydrogen-bond donors (Lipinski definition) is 1. The van der Waals surface area contributed by atoms with Crippen LogP contribution in [0.15, 0.2) is 49.1 Å². The van der Waals surface area contributed by atoms with Crippen molar-refractivity contribution in [3.63, 3.8) is 0 Å². The third kappa shape index (κ3) is 4.23. The van der Waals surface area contributed by atoms with E-state index in [9.17, 15) is 0 Å². The van der Waals surface area contributed by atoms with Crippen LogP contribution in [0.3, 0.4) is 0 Å². The second-order valence-corrected chi connectivity index (χ2v) is 4.00. The van der Waals surface area contributed by atoms with Crippen molar-refractivity contribution in [2.24, 2.45) is 0 Å². The molecule has 1 heterocycles. The lowest BCUT2D eigenvalue weighted by atomic mass is 10.1. The molecule has 1 N–H and O–H groups in total. The average Bonchev–Trinajstić information content (AvgIpc) is 2.41. The third-order valence-corrected chi connectivity index (χ3v) is 2.61. The molecule has 0 atom stereocenters. The van der Waals surface area contributed by atoms with Gasteiger partial charge in [0.25, 0.3) is 0 Å². The van der Waals surface area contributed by atoms with Crippen LogP contribution in [0.1, 0.15) is 18.4 Å². The molecule has 1 aromatic heterocycles. The summed E-state index contributed by atoms with van der Waals surface area (Å²) in [5, 5.41) is 3.40. The molecule has 1 aromatic carbocycles. The summed E-state index contributed by atoms with van der Waals surface area (Å²) in [6, 6.07) is 10.3. The summed E-state index contributed by atoms with van der Waals surface area (Å²) in [4.78, 5) is 8.01. The van der Waals surface area contributed by atoms with Crippen LogP contribution >= 0.6 is 0 Å². The highest BCUT2D eigenvalue weighted by molar-refractivity contribution is 5.42. The lowest BCUT2D eigenvalue weighted by molar-refractivity contribution is 0.758. The summed E-state index contributed by atoms with van der Waals surface area (Å²) >= 11 is 0. The van der Waals surface area contributed by atoms with Gasteiger partial charge in [-0.3, -0.25) is 0 Å². The number of aryl methyl sites for hydroxylation is 1. The van der Waals surface area contributed by atoms with Crippen LogP contribution in [-0.4, -0.2) is 16.5 Å². The minimum Gasteiger partial charge on any atom is -0.385 e. The molecule has 0 bridgehead atoms. The third-order valence-electron chi connectivity index (χ3n) is 2.61. The second kappa shape index (κ2) is 6.63. The Bertz CT molecular complexity index is 372. The maximum Gasteiger partial charge on any atom is 0.115 e. The van der Waals surface area contributed by atoms with Gasteiger partial charge in [-0.2, -0.15) is 0 Å². The van der Waals surface area contributed by atoms with Gasteiger partial charge in [-0.15, -0.1) is 0 Å². The van der Waals surface area contributed by atoms with Crippen LogP contribution in [0.5, 0.6) is 0 Å². The standard InChI is InChI=1S/C14H17N3/c1-2-7-14(8-3-1)17-9-5-4-6-13-10-15-12-16-11-13/h1-3,7-8,10-12,17H,4-6,9H2. The van der Waals surface area contributed by atoms with E-state index in [1.165, 1.54) is 11.3 Å². The summed E-state index contributed by atoms with van der Waals surface area (Å²) in [5.41, 5.74) is 2.41. The van der Waals surface area contributed by atoms with Crippen LogP contribution in [0.25, 0.3) is 0 Å². The van der Waals surface area contributed by atoms with E-state index in [4.69, 9.17) is 0 Å². The minimum absolute atomic E-state index is 1.01. The highest BCUT2D eigenvalue weighted by Gasteiger charge is 1.94. The molecule has 3 nitrogen and oxygen atoms in total. The molecule has 0 aliphatic heterocycles. The Balaban J connectivity index is 1.61. The fourth-order valence-electron chi connectivity index (χ4n) is 1.70. The molecular formula is C14H17N3. The van der Waals surface area contributed by atoms with Crippen LogP contribution in [0.4, 0.5) is 5.69 Å². The number of benzene rings is 1. The number of rotatable bonds is 6. The van der Waals surface area contributed by atoms with Gasteiger partial charge >= 0.3 is 0 Å². The first-order valence-electron chi connectivity index (χ1n) is 5.98. The van der Waals surface area contributed by atoms with Crippen LogP contribution in [-0.2, 0) is 6.42 Å². The first kappa shape index (κ1) is 11.6. The van der Waals surface area contributed by atoms with Gasteiger partial charge in [-0.25, -0.2) is 9.97 Å². The highest BCUT2D eigenvalue weighted by atomic mass is 14.9. The molecular weight excluding hydrogens is 210 g/mol. The molecule has 0 spiro atoms. The number of unbranched alkanes of at least 4 members (excludes halogenated alkanes) is 1. The summed E-state index contributed by atoms with van der Waals surface area (Å²) in [6.45, 7) is 1.01. The van der Waals surface area contributed by atoms with Crippen molar-refractivity contribution in [3.05, 3.63) is 54.6 Å². The molecule has 3 heteroatoms. The Labute approximate surface area is 102 Å². The maximum absolute atomic E-state index is 4.00. The van der Waals surface area contributed by atoms with Gasteiger partial charge in [0.15, 0.2) is 0 Å². The molecule has 0 fully saturated rings. The molecule has 2 aromatic rings. The zero-order valence-corrected chi connectivity index (χ0v) is 9.84. The van der Waals surface area contributed by atoms with E-state index < -0.39 is 0 Å². The molecule has 0 aliphatic rings. The smallest absolute Gasteiger partial charge is 0.115 e. The van der Waals surface area contributed by atoms with E-state index in [1.807, 2.05) is 30.6 Å². The molecule has 0 unspecified atom stereocenters. The van der Waals surface area contributed by atoms with E-state index in [2.05, 4.69) is 27.4 Å². The number of anilines is 1.